The third-order valence-corrected chi connectivity index (χ3v) is 3.21. The molecule has 2 unspecified atom stereocenters. The molecule has 1 aliphatic heterocycles. The molecular weight excluding hydrogens is 242 g/mol. The van der Waals surface area contributed by atoms with E-state index in [0.29, 0.717) is 6.61 Å². The zero-order chi connectivity index (χ0) is 13.7. The molecule has 0 spiro atoms. The molecule has 2 heterocycles. The quantitative estimate of drug-likeness (QED) is 0.790. The first kappa shape index (κ1) is 14.0. The minimum atomic E-state index is -0.190. The highest BCUT2D eigenvalue weighted by Crippen LogP contribution is 2.24. The number of hydrogen-bond acceptors (Lipinski definition) is 5. The van der Waals surface area contributed by atoms with Gasteiger partial charge in [-0.3, -0.25) is 0 Å². The SMILES string of the molecule is C=CC(CO)Nc1cc(C)nc(C2CCCOC2)n1. The van der Waals surface area contributed by atoms with Gasteiger partial charge in [-0.2, -0.15) is 0 Å². The molecule has 104 valence electrons. The second-order valence-corrected chi connectivity index (χ2v) is 4.84. The third kappa shape index (κ3) is 3.75. The van der Waals surface area contributed by atoms with Crippen LogP contribution in [0.15, 0.2) is 18.7 Å². The topological polar surface area (TPSA) is 67.3 Å². The van der Waals surface area contributed by atoms with Crippen LogP contribution < -0.4 is 5.32 Å². The molecule has 0 radical (unpaired) electrons. The Kier molecular flexibility index (Phi) is 4.87. The van der Waals surface area contributed by atoms with Gasteiger partial charge in [-0.25, -0.2) is 9.97 Å². The zero-order valence-electron chi connectivity index (χ0n) is 11.3. The molecule has 1 saturated heterocycles. The Morgan fingerprint density at radius 3 is 3.11 bits per heavy atom. The van der Waals surface area contributed by atoms with Crippen molar-refractivity contribution in [2.24, 2.45) is 0 Å². The molecule has 5 nitrogen and oxygen atoms in total. The van der Waals surface area contributed by atoms with Crippen LogP contribution in [0.4, 0.5) is 5.82 Å². The van der Waals surface area contributed by atoms with E-state index in [9.17, 15) is 5.11 Å². The van der Waals surface area contributed by atoms with E-state index in [1.54, 1.807) is 6.08 Å². The summed E-state index contributed by atoms with van der Waals surface area (Å²) in [5, 5.41) is 12.3. The van der Waals surface area contributed by atoms with Crippen molar-refractivity contribution >= 4 is 5.82 Å². The molecule has 0 aliphatic carbocycles. The van der Waals surface area contributed by atoms with Crippen LogP contribution in [0.1, 0.15) is 30.3 Å². The lowest BCUT2D eigenvalue weighted by Gasteiger charge is -2.22. The number of aryl methyl sites for hydroxylation is 1. The van der Waals surface area contributed by atoms with E-state index in [0.717, 1.165) is 36.8 Å². The summed E-state index contributed by atoms with van der Waals surface area (Å²) in [6, 6.07) is 1.68. The molecule has 1 aromatic rings. The van der Waals surface area contributed by atoms with Gasteiger partial charge < -0.3 is 15.2 Å². The number of ether oxygens (including phenoxy) is 1. The van der Waals surface area contributed by atoms with Gasteiger partial charge in [-0.05, 0) is 19.8 Å². The standard InChI is InChI=1S/C14H21N3O2/c1-3-12(8-18)16-13-7-10(2)15-14(17-13)11-5-4-6-19-9-11/h3,7,11-12,18H,1,4-6,8-9H2,2H3,(H,15,16,17). The van der Waals surface area contributed by atoms with E-state index in [4.69, 9.17) is 4.74 Å². The Morgan fingerprint density at radius 1 is 1.63 bits per heavy atom. The molecule has 2 atom stereocenters. The van der Waals surface area contributed by atoms with Crippen LogP contribution in [0.5, 0.6) is 0 Å². The van der Waals surface area contributed by atoms with E-state index in [2.05, 4.69) is 21.9 Å². The van der Waals surface area contributed by atoms with Crippen LogP contribution in [-0.2, 0) is 4.74 Å². The highest BCUT2D eigenvalue weighted by molar-refractivity contribution is 5.38. The van der Waals surface area contributed by atoms with Crippen LogP contribution in [0.3, 0.4) is 0 Å². The first-order valence-electron chi connectivity index (χ1n) is 6.66. The molecule has 1 aromatic heterocycles. The minimum absolute atomic E-state index is 0.00553. The maximum atomic E-state index is 9.18. The first-order chi connectivity index (χ1) is 9.22. The lowest BCUT2D eigenvalue weighted by atomic mass is 10.0. The number of hydrogen-bond donors (Lipinski definition) is 2. The molecule has 1 aliphatic rings. The second kappa shape index (κ2) is 6.63. The third-order valence-electron chi connectivity index (χ3n) is 3.21. The van der Waals surface area contributed by atoms with Crippen molar-refractivity contribution in [1.29, 1.82) is 0 Å². The summed E-state index contributed by atoms with van der Waals surface area (Å²) in [7, 11) is 0. The van der Waals surface area contributed by atoms with E-state index in [1.165, 1.54) is 0 Å². The van der Waals surface area contributed by atoms with Gasteiger partial charge in [0.05, 0.1) is 19.3 Å². The zero-order valence-corrected chi connectivity index (χ0v) is 11.3. The number of anilines is 1. The molecule has 19 heavy (non-hydrogen) atoms. The average Bonchev–Trinajstić information content (AvgIpc) is 2.45. The summed E-state index contributed by atoms with van der Waals surface area (Å²) in [5.41, 5.74) is 0.916. The van der Waals surface area contributed by atoms with Gasteiger partial charge in [0.1, 0.15) is 11.6 Å². The second-order valence-electron chi connectivity index (χ2n) is 4.84. The minimum Gasteiger partial charge on any atom is -0.394 e. The smallest absolute Gasteiger partial charge is 0.136 e. The molecule has 0 bridgehead atoms. The Labute approximate surface area is 113 Å². The van der Waals surface area contributed by atoms with Crippen molar-refractivity contribution in [2.45, 2.75) is 31.7 Å². The van der Waals surface area contributed by atoms with Crippen molar-refractivity contribution in [3.8, 4) is 0 Å². The number of aromatic nitrogens is 2. The van der Waals surface area contributed by atoms with E-state index in [-0.39, 0.29) is 18.6 Å². The van der Waals surface area contributed by atoms with Crippen molar-refractivity contribution in [3.63, 3.8) is 0 Å². The van der Waals surface area contributed by atoms with Crippen LogP contribution in [0.2, 0.25) is 0 Å². The Hall–Kier alpha value is -1.46. The van der Waals surface area contributed by atoms with Crippen molar-refractivity contribution in [1.82, 2.24) is 9.97 Å². The Bertz CT molecular complexity index is 431. The summed E-state index contributed by atoms with van der Waals surface area (Å²) in [5.74, 6) is 1.82. The fourth-order valence-electron chi connectivity index (χ4n) is 2.16. The molecule has 2 rings (SSSR count). The predicted octanol–water partition coefficient (Wildman–Crippen LogP) is 1.64. The highest BCUT2D eigenvalue weighted by Gasteiger charge is 2.19. The fraction of sp³-hybridized carbons (Fsp3) is 0.571. The number of aliphatic hydroxyl groups is 1. The lowest BCUT2D eigenvalue weighted by molar-refractivity contribution is 0.0780. The van der Waals surface area contributed by atoms with E-state index in [1.807, 2.05) is 13.0 Å². The van der Waals surface area contributed by atoms with Crippen molar-refractivity contribution < 1.29 is 9.84 Å². The average molecular weight is 263 g/mol. The van der Waals surface area contributed by atoms with E-state index < -0.39 is 0 Å². The Balaban J connectivity index is 2.16. The Morgan fingerprint density at radius 2 is 2.47 bits per heavy atom. The normalized spacial score (nSPS) is 20.8. The predicted molar refractivity (Wildman–Crippen MR) is 74.3 cm³/mol. The fourth-order valence-corrected chi connectivity index (χ4v) is 2.16. The lowest BCUT2D eigenvalue weighted by Crippen LogP contribution is -2.23. The van der Waals surface area contributed by atoms with Gasteiger partial charge in [0.15, 0.2) is 0 Å². The summed E-state index contributed by atoms with van der Waals surface area (Å²) >= 11 is 0. The monoisotopic (exact) mass is 263 g/mol. The maximum absolute atomic E-state index is 9.18. The maximum Gasteiger partial charge on any atom is 0.136 e. The van der Waals surface area contributed by atoms with Crippen LogP contribution in [-0.4, -0.2) is 40.9 Å². The van der Waals surface area contributed by atoms with Gasteiger partial charge in [-0.1, -0.05) is 6.08 Å². The van der Waals surface area contributed by atoms with Crippen LogP contribution in [0, 0.1) is 6.92 Å². The molecule has 0 aromatic carbocycles. The number of rotatable bonds is 5. The van der Waals surface area contributed by atoms with Gasteiger partial charge >= 0.3 is 0 Å². The largest absolute Gasteiger partial charge is 0.394 e. The highest BCUT2D eigenvalue weighted by atomic mass is 16.5. The summed E-state index contributed by atoms with van der Waals surface area (Å²) in [6.45, 7) is 7.14. The number of nitrogens with zero attached hydrogens (tertiary/aromatic N) is 2. The summed E-state index contributed by atoms with van der Waals surface area (Å²) in [6.07, 6.45) is 3.78. The van der Waals surface area contributed by atoms with Crippen molar-refractivity contribution in [2.75, 3.05) is 25.1 Å². The molecule has 2 N–H and O–H groups in total. The number of nitrogens with one attached hydrogen (secondary N) is 1. The first-order valence-corrected chi connectivity index (χ1v) is 6.66. The molecule has 0 saturated carbocycles. The van der Waals surface area contributed by atoms with Crippen molar-refractivity contribution in [3.05, 3.63) is 30.2 Å². The van der Waals surface area contributed by atoms with Gasteiger partial charge in [0.2, 0.25) is 0 Å². The number of aliphatic hydroxyl groups excluding tert-OH is 1. The van der Waals surface area contributed by atoms with Gasteiger partial charge in [0.25, 0.3) is 0 Å². The van der Waals surface area contributed by atoms with Crippen LogP contribution >= 0.6 is 0 Å². The van der Waals surface area contributed by atoms with Crippen LogP contribution in [0.25, 0.3) is 0 Å². The molecule has 5 heteroatoms. The molecule has 1 fully saturated rings. The summed E-state index contributed by atoms with van der Waals surface area (Å²) < 4.78 is 5.48. The summed E-state index contributed by atoms with van der Waals surface area (Å²) in [4.78, 5) is 9.03. The van der Waals surface area contributed by atoms with Gasteiger partial charge in [0, 0.05) is 24.3 Å². The molecular formula is C14H21N3O2. The van der Waals surface area contributed by atoms with E-state index >= 15 is 0 Å². The van der Waals surface area contributed by atoms with Gasteiger partial charge in [-0.15, -0.1) is 6.58 Å². The molecule has 0 amide bonds.